The highest BCUT2D eigenvalue weighted by Gasteiger charge is 2.29. The van der Waals surface area contributed by atoms with Crippen molar-refractivity contribution in [1.29, 1.82) is 0 Å². The van der Waals surface area contributed by atoms with Gasteiger partial charge in [-0.25, -0.2) is 9.59 Å². The van der Waals surface area contributed by atoms with Gasteiger partial charge in [-0.1, -0.05) is 62.9 Å². The van der Waals surface area contributed by atoms with Crippen LogP contribution in [0.15, 0.2) is 54.6 Å². The summed E-state index contributed by atoms with van der Waals surface area (Å²) in [7, 11) is 1.24. The minimum atomic E-state index is -0.962. The standard InChI is InChI=1S/C32H41N3O6/c1-31(2,3)20-26(35-30(39)41-32(4,5)6)28(37)33-21-27(36)34-25(29(38)40-7)19-24-17-15-23(16-18-24)14-13-22-11-9-8-10-12-22/h8-12,15-18,25-26H,19-21H2,1-7H3,(H,33,37)(H,34,36)(H,35,39)/t25-,26-/m0/s1. The average Bonchev–Trinajstić information content (AvgIpc) is 2.88. The zero-order valence-corrected chi connectivity index (χ0v) is 24.9. The number of alkyl carbamates (subject to hydrolysis) is 1. The maximum absolute atomic E-state index is 12.9. The van der Waals surface area contributed by atoms with E-state index in [1.165, 1.54) is 7.11 Å². The molecule has 0 saturated heterocycles. The molecule has 0 saturated carbocycles. The number of hydrogen-bond donors (Lipinski definition) is 3. The fourth-order valence-corrected chi connectivity index (χ4v) is 3.77. The van der Waals surface area contributed by atoms with Crippen LogP contribution in [-0.2, 0) is 30.3 Å². The Morgan fingerprint density at radius 3 is 1.93 bits per heavy atom. The Hall–Kier alpha value is -4.32. The summed E-state index contributed by atoms with van der Waals surface area (Å²) in [4.78, 5) is 50.3. The summed E-state index contributed by atoms with van der Waals surface area (Å²) in [6, 6.07) is 15.1. The third-order valence-electron chi connectivity index (χ3n) is 5.59. The van der Waals surface area contributed by atoms with Crippen LogP contribution in [-0.4, -0.2) is 55.2 Å². The number of carbonyl (C=O) groups is 4. The van der Waals surface area contributed by atoms with E-state index < -0.39 is 48.1 Å². The van der Waals surface area contributed by atoms with Gasteiger partial charge in [-0.3, -0.25) is 9.59 Å². The van der Waals surface area contributed by atoms with Crippen molar-refractivity contribution in [3.63, 3.8) is 0 Å². The molecule has 220 valence electrons. The molecule has 0 unspecified atom stereocenters. The Balaban J connectivity index is 2.00. The first kappa shape index (κ1) is 32.9. The lowest BCUT2D eigenvalue weighted by Gasteiger charge is -2.27. The number of benzene rings is 2. The van der Waals surface area contributed by atoms with Crippen molar-refractivity contribution in [2.75, 3.05) is 13.7 Å². The van der Waals surface area contributed by atoms with Crippen LogP contribution in [0, 0.1) is 17.3 Å². The minimum absolute atomic E-state index is 0.186. The van der Waals surface area contributed by atoms with Gasteiger partial charge in [0.05, 0.1) is 13.7 Å². The second kappa shape index (κ2) is 14.9. The Bertz CT molecular complexity index is 1250. The predicted molar refractivity (Wildman–Crippen MR) is 157 cm³/mol. The number of ether oxygens (including phenoxy) is 2. The molecule has 0 aliphatic heterocycles. The molecule has 0 heterocycles. The molecular formula is C32H41N3O6. The van der Waals surface area contributed by atoms with Gasteiger partial charge in [-0.15, -0.1) is 0 Å². The van der Waals surface area contributed by atoms with Crippen LogP contribution in [0.1, 0.15) is 64.7 Å². The quantitative estimate of drug-likeness (QED) is 0.316. The largest absolute Gasteiger partial charge is 0.467 e. The highest BCUT2D eigenvalue weighted by atomic mass is 16.6. The van der Waals surface area contributed by atoms with Crippen LogP contribution in [0.3, 0.4) is 0 Å². The second-order valence-corrected chi connectivity index (χ2v) is 11.8. The van der Waals surface area contributed by atoms with E-state index in [4.69, 9.17) is 9.47 Å². The second-order valence-electron chi connectivity index (χ2n) is 11.8. The summed E-state index contributed by atoms with van der Waals surface area (Å²) in [5, 5.41) is 7.76. The van der Waals surface area contributed by atoms with E-state index in [-0.39, 0.29) is 11.8 Å². The Morgan fingerprint density at radius 2 is 1.39 bits per heavy atom. The third kappa shape index (κ3) is 13.1. The number of rotatable bonds is 9. The summed E-state index contributed by atoms with van der Waals surface area (Å²) in [5.74, 6) is 4.45. The molecule has 0 spiro atoms. The van der Waals surface area contributed by atoms with Gasteiger partial charge >= 0.3 is 12.1 Å². The van der Waals surface area contributed by atoms with Crippen molar-refractivity contribution in [2.45, 2.75) is 72.1 Å². The number of methoxy groups -OCH3 is 1. The lowest BCUT2D eigenvalue weighted by molar-refractivity contribution is -0.145. The van der Waals surface area contributed by atoms with Crippen LogP contribution >= 0.6 is 0 Å². The molecule has 41 heavy (non-hydrogen) atoms. The van der Waals surface area contributed by atoms with Gasteiger partial charge in [-0.05, 0) is 62.4 Å². The Morgan fingerprint density at radius 1 is 0.805 bits per heavy atom. The average molecular weight is 564 g/mol. The number of amides is 3. The van der Waals surface area contributed by atoms with Crippen LogP contribution in [0.2, 0.25) is 0 Å². The summed E-state index contributed by atoms with van der Waals surface area (Å²) >= 11 is 0. The molecule has 0 radical (unpaired) electrons. The number of carbonyl (C=O) groups excluding carboxylic acids is 4. The maximum Gasteiger partial charge on any atom is 0.408 e. The monoisotopic (exact) mass is 563 g/mol. The summed E-state index contributed by atoms with van der Waals surface area (Å²) in [6.07, 6.45) is -0.226. The van der Waals surface area contributed by atoms with Gasteiger partial charge in [0.2, 0.25) is 11.8 Å². The van der Waals surface area contributed by atoms with Gasteiger partial charge in [-0.2, -0.15) is 0 Å². The third-order valence-corrected chi connectivity index (χ3v) is 5.59. The first-order valence-corrected chi connectivity index (χ1v) is 13.5. The molecule has 0 bridgehead atoms. The molecule has 3 N–H and O–H groups in total. The molecule has 0 aliphatic rings. The topological polar surface area (TPSA) is 123 Å². The van der Waals surface area contributed by atoms with Crippen LogP contribution < -0.4 is 16.0 Å². The van der Waals surface area contributed by atoms with Crippen LogP contribution in [0.25, 0.3) is 0 Å². The molecule has 9 heteroatoms. The van der Waals surface area contributed by atoms with Gasteiger partial charge < -0.3 is 25.4 Å². The van der Waals surface area contributed by atoms with Crippen molar-refractivity contribution in [3.05, 3.63) is 71.3 Å². The number of esters is 1. The molecular weight excluding hydrogens is 522 g/mol. The van der Waals surface area contributed by atoms with Gasteiger partial charge in [0.25, 0.3) is 0 Å². The van der Waals surface area contributed by atoms with Crippen molar-refractivity contribution in [2.24, 2.45) is 5.41 Å². The summed E-state index contributed by atoms with van der Waals surface area (Å²) < 4.78 is 10.2. The van der Waals surface area contributed by atoms with E-state index in [0.29, 0.717) is 6.42 Å². The van der Waals surface area contributed by atoms with Crippen LogP contribution in [0.4, 0.5) is 4.79 Å². The molecule has 2 atom stereocenters. The lowest BCUT2D eigenvalue weighted by atomic mass is 9.88. The van der Waals surface area contributed by atoms with E-state index in [1.807, 2.05) is 75.4 Å². The SMILES string of the molecule is COC(=O)[C@H](Cc1ccc(C#Cc2ccccc2)cc1)NC(=O)CNC(=O)[C@H](CC(C)(C)C)NC(=O)OC(C)(C)C. The molecule has 0 fully saturated rings. The summed E-state index contributed by atoms with van der Waals surface area (Å²) in [6.45, 7) is 10.6. The molecule has 3 amide bonds. The van der Waals surface area contributed by atoms with E-state index >= 15 is 0 Å². The van der Waals surface area contributed by atoms with E-state index in [2.05, 4.69) is 27.8 Å². The predicted octanol–water partition coefficient (Wildman–Crippen LogP) is 3.73. The molecule has 2 rings (SSSR count). The highest BCUT2D eigenvalue weighted by molar-refractivity contribution is 5.91. The lowest BCUT2D eigenvalue weighted by Crippen LogP contribution is -2.52. The molecule has 0 aliphatic carbocycles. The molecule has 9 nitrogen and oxygen atoms in total. The smallest absolute Gasteiger partial charge is 0.408 e. The zero-order valence-electron chi connectivity index (χ0n) is 24.9. The van der Waals surface area contributed by atoms with E-state index in [0.717, 1.165) is 16.7 Å². The highest BCUT2D eigenvalue weighted by Crippen LogP contribution is 2.21. The summed E-state index contributed by atoms with van der Waals surface area (Å²) in [5.41, 5.74) is 1.48. The normalized spacial score (nSPS) is 12.6. The van der Waals surface area contributed by atoms with Crippen molar-refractivity contribution in [3.8, 4) is 11.8 Å². The number of hydrogen-bond acceptors (Lipinski definition) is 6. The molecule has 2 aromatic carbocycles. The van der Waals surface area contributed by atoms with Gasteiger partial charge in [0.1, 0.15) is 17.7 Å². The zero-order chi connectivity index (χ0) is 30.6. The van der Waals surface area contributed by atoms with Crippen molar-refractivity contribution < 1.29 is 28.7 Å². The van der Waals surface area contributed by atoms with E-state index in [1.54, 1.807) is 20.8 Å². The first-order valence-electron chi connectivity index (χ1n) is 13.5. The van der Waals surface area contributed by atoms with Gasteiger partial charge in [0.15, 0.2) is 0 Å². The van der Waals surface area contributed by atoms with Crippen molar-refractivity contribution >= 4 is 23.9 Å². The molecule has 2 aromatic rings. The molecule has 0 aromatic heterocycles. The first-order chi connectivity index (χ1) is 19.1. The minimum Gasteiger partial charge on any atom is -0.467 e. The maximum atomic E-state index is 12.9. The Kier molecular flexibility index (Phi) is 11.9. The van der Waals surface area contributed by atoms with Gasteiger partial charge in [0, 0.05) is 17.5 Å². The number of nitrogens with one attached hydrogen (secondary N) is 3. The Labute approximate surface area is 242 Å². The fraction of sp³-hybridized carbons (Fsp3) is 0.438. The van der Waals surface area contributed by atoms with E-state index in [9.17, 15) is 19.2 Å². The fourth-order valence-electron chi connectivity index (χ4n) is 3.77. The van der Waals surface area contributed by atoms with Crippen LogP contribution in [0.5, 0.6) is 0 Å². The van der Waals surface area contributed by atoms with Crippen molar-refractivity contribution in [1.82, 2.24) is 16.0 Å².